The molecule has 0 fully saturated rings. The van der Waals surface area contributed by atoms with Crippen molar-refractivity contribution in [2.45, 2.75) is 19.8 Å². The van der Waals surface area contributed by atoms with Crippen LogP contribution in [0.3, 0.4) is 0 Å². The van der Waals surface area contributed by atoms with Crippen LogP contribution in [-0.4, -0.2) is 21.5 Å². The molecule has 0 bridgehead atoms. The highest BCUT2D eigenvalue weighted by Crippen LogP contribution is 2.19. The minimum Gasteiger partial charge on any atom is -0.330 e. The van der Waals surface area contributed by atoms with E-state index in [1.807, 2.05) is 18.3 Å². The highest BCUT2D eigenvalue weighted by atomic mass is 79.9. The molecule has 4 nitrogen and oxygen atoms in total. The number of hydrogen-bond acceptors (Lipinski definition) is 3. The average Bonchev–Trinajstić information content (AvgIpc) is 2.79. The number of hydrogen-bond donors (Lipinski definition) is 1. The second kappa shape index (κ2) is 5.42. The maximum Gasteiger partial charge on any atom is 0.0832 e. The molecule has 2 N–H and O–H groups in total. The van der Waals surface area contributed by atoms with Crippen molar-refractivity contribution in [3.63, 3.8) is 0 Å². The normalized spacial score (nSPS) is 10.8. The molecule has 90 valence electrons. The topological polar surface area (TPSA) is 56.7 Å². The van der Waals surface area contributed by atoms with E-state index in [1.165, 1.54) is 5.56 Å². The van der Waals surface area contributed by atoms with Gasteiger partial charge >= 0.3 is 0 Å². The third-order valence-electron chi connectivity index (χ3n) is 2.60. The molecule has 2 rings (SSSR count). The van der Waals surface area contributed by atoms with Crippen LogP contribution in [-0.2, 0) is 6.42 Å². The summed E-state index contributed by atoms with van der Waals surface area (Å²) in [5.41, 5.74) is 8.66. The van der Waals surface area contributed by atoms with Gasteiger partial charge < -0.3 is 5.73 Å². The first-order valence-corrected chi connectivity index (χ1v) is 6.38. The summed E-state index contributed by atoms with van der Waals surface area (Å²) in [4.78, 5) is 0. The summed E-state index contributed by atoms with van der Waals surface area (Å²) in [6, 6.07) is 6.12. The lowest BCUT2D eigenvalue weighted by molar-refractivity contribution is 0.778. The first-order chi connectivity index (χ1) is 8.20. The Morgan fingerprint density at radius 1 is 1.41 bits per heavy atom. The van der Waals surface area contributed by atoms with Crippen molar-refractivity contribution in [3.8, 4) is 5.69 Å². The maximum absolute atomic E-state index is 5.47. The fourth-order valence-electron chi connectivity index (χ4n) is 1.55. The van der Waals surface area contributed by atoms with Crippen molar-refractivity contribution in [1.29, 1.82) is 0 Å². The molecule has 1 aromatic heterocycles. The van der Waals surface area contributed by atoms with Gasteiger partial charge in [-0.1, -0.05) is 27.2 Å². The number of rotatable bonds is 4. The predicted molar refractivity (Wildman–Crippen MR) is 71.2 cm³/mol. The van der Waals surface area contributed by atoms with Crippen molar-refractivity contribution in [1.82, 2.24) is 15.0 Å². The number of halogens is 1. The summed E-state index contributed by atoms with van der Waals surface area (Å²) in [7, 11) is 0. The molecule has 2 aromatic rings. The van der Waals surface area contributed by atoms with Crippen LogP contribution in [0.15, 0.2) is 28.9 Å². The van der Waals surface area contributed by atoms with Crippen molar-refractivity contribution in [3.05, 3.63) is 40.1 Å². The zero-order chi connectivity index (χ0) is 12.3. The average molecular weight is 295 g/mol. The Bertz CT molecular complexity index is 507. The summed E-state index contributed by atoms with van der Waals surface area (Å²) < 4.78 is 2.87. The monoisotopic (exact) mass is 294 g/mol. The Hall–Kier alpha value is -1.20. The standard InChI is InChI=1S/C12H15BrN4/c1-9-4-5-11(7-12(9)13)17-8-10(15-16-17)3-2-6-14/h4-5,7-8H,2-3,6,14H2,1H3. The maximum atomic E-state index is 5.47. The van der Waals surface area contributed by atoms with Crippen molar-refractivity contribution < 1.29 is 0 Å². The number of aryl methyl sites for hydroxylation is 2. The zero-order valence-corrected chi connectivity index (χ0v) is 11.3. The summed E-state index contributed by atoms with van der Waals surface area (Å²) in [6.45, 7) is 2.74. The van der Waals surface area contributed by atoms with Gasteiger partial charge in [0.05, 0.1) is 17.6 Å². The lowest BCUT2D eigenvalue weighted by Crippen LogP contribution is -2.00. The van der Waals surface area contributed by atoms with Gasteiger partial charge in [-0.05, 0) is 44.0 Å². The highest BCUT2D eigenvalue weighted by molar-refractivity contribution is 9.10. The molecule has 0 unspecified atom stereocenters. The second-order valence-corrected chi connectivity index (χ2v) is 4.83. The van der Waals surface area contributed by atoms with Crippen LogP contribution in [0, 0.1) is 6.92 Å². The molecule has 0 aliphatic carbocycles. The van der Waals surface area contributed by atoms with E-state index in [0.717, 1.165) is 28.7 Å². The Morgan fingerprint density at radius 3 is 2.94 bits per heavy atom. The fourth-order valence-corrected chi connectivity index (χ4v) is 1.91. The second-order valence-electron chi connectivity index (χ2n) is 3.98. The van der Waals surface area contributed by atoms with Crippen LogP contribution in [0.4, 0.5) is 0 Å². The fraction of sp³-hybridized carbons (Fsp3) is 0.333. The third-order valence-corrected chi connectivity index (χ3v) is 3.45. The zero-order valence-electron chi connectivity index (χ0n) is 9.73. The van der Waals surface area contributed by atoms with E-state index in [-0.39, 0.29) is 0 Å². The number of aromatic nitrogens is 3. The van der Waals surface area contributed by atoms with Crippen LogP contribution in [0.1, 0.15) is 17.7 Å². The van der Waals surface area contributed by atoms with Crippen LogP contribution in [0.25, 0.3) is 5.69 Å². The van der Waals surface area contributed by atoms with Gasteiger partial charge in [-0.2, -0.15) is 0 Å². The predicted octanol–water partition coefficient (Wildman–Crippen LogP) is 2.23. The van der Waals surface area contributed by atoms with E-state index < -0.39 is 0 Å². The molecule has 0 radical (unpaired) electrons. The lowest BCUT2D eigenvalue weighted by atomic mass is 10.2. The van der Waals surface area contributed by atoms with Crippen LogP contribution in [0.5, 0.6) is 0 Å². The first kappa shape index (κ1) is 12.3. The Labute approximate surface area is 109 Å². The molecule has 0 amide bonds. The largest absolute Gasteiger partial charge is 0.330 e. The molecule has 0 aliphatic heterocycles. The minimum atomic E-state index is 0.683. The van der Waals surface area contributed by atoms with E-state index in [1.54, 1.807) is 4.68 Å². The molecule has 0 saturated carbocycles. The summed E-state index contributed by atoms with van der Waals surface area (Å²) in [5, 5.41) is 8.24. The van der Waals surface area contributed by atoms with Crippen molar-refractivity contribution in [2.24, 2.45) is 5.73 Å². The quantitative estimate of drug-likeness (QED) is 0.941. The van der Waals surface area contributed by atoms with E-state index in [0.29, 0.717) is 6.54 Å². The molecule has 0 spiro atoms. The molecule has 1 aromatic carbocycles. The Balaban J connectivity index is 2.21. The van der Waals surface area contributed by atoms with Gasteiger partial charge in [-0.25, -0.2) is 4.68 Å². The van der Waals surface area contributed by atoms with Crippen LogP contribution >= 0.6 is 15.9 Å². The van der Waals surface area contributed by atoms with E-state index >= 15 is 0 Å². The Kier molecular flexibility index (Phi) is 3.91. The summed E-state index contributed by atoms with van der Waals surface area (Å²) >= 11 is 3.51. The number of nitrogens with zero attached hydrogens (tertiary/aromatic N) is 3. The molecule has 0 saturated heterocycles. The molecule has 0 aliphatic rings. The smallest absolute Gasteiger partial charge is 0.0832 e. The minimum absolute atomic E-state index is 0.683. The van der Waals surface area contributed by atoms with Crippen molar-refractivity contribution in [2.75, 3.05) is 6.54 Å². The van der Waals surface area contributed by atoms with E-state index in [9.17, 15) is 0 Å². The van der Waals surface area contributed by atoms with Gasteiger partial charge in [-0.3, -0.25) is 0 Å². The van der Waals surface area contributed by atoms with Crippen molar-refractivity contribution >= 4 is 15.9 Å². The van der Waals surface area contributed by atoms with Gasteiger partial charge in [0.2, 0.25) is 0 Å². The molecule has 1 heterocycles. The molecular weight excluding hydrogens is 280 g/mol. The van der Waals surface area contributed by atoms with Crippen LogP contribution in [0.2, 0.25) is 0 Å². The Morgan fingerprint density at radius 2 is 2.24 bits per heavy atom. The van der Waals surface area contributed by atoms with Gasteiger partial charge in [0.1, 0.15) is 0 Å². The van der Waals surface area contributed by atoms with Gasteiger partial charge in [-0.15, -0.1) is 5.10 Å². The molecule has 5 heteroatoms. The van der Waals surface area contributed by atoms with Crippen LogP contribution < -0.4 is 5.73 Å². The summed E-state index contributed by atoms with van der Waals surface area (Å²) in [6.07, 6.45) is 3.77. The van der Waals surface area contributed by atoms with E-state index in [2.05, 4.69) is 39.2 Å². The number of nitrogens with two attached hydrogens (primary N) is 1. The molecule has 17 heavy (non-hydrogen) atoms. The highest BCUT2D eigenvalue weighted by Gasteiger charge is 2.04. The summed E-state index contributed by atoms with van der Waals surface area (Å²) in [5.74, 6) is 0. The van der Waals surface area contributed by atoms with E-state index in [4.69, 9.17) is 5.73 Å². The first-order valence-electron chi connectivity index (χ1n) is 5.58. The van der Waals surface area contributed by atoms with Gasteiger partial charge in [0.15, 0.2) is 0 Å². The third kappa shape index (κ3) is 2.92. The molecular formula is C12H15BrN4. The number of benzene rings is 1. The SMILES string of the molecule is Cc1ccc(-n2cc(CCCN)nn2)cc1Br. The van der Waals surface area contributed by atoms with Gasteiger partial charge in [0, 0.05) is 4.47 Å². The van der Waals surface area contributed by atoms with Gasteiger partial charge in [0.25, 0.3) is 0 Å². The molecule has 0 atom stereocenters. The lowest BCUT2D eigenvalue weighted by Gasteiger charge is -2.02.